The summed E-state index contributed by atoms with van der Waals surface area (Å²) in [5.41, 5.74) is 4.05. The van der Waals surface area contributed by atoms with E-state index in [-0.39, 0.29) is 0 Å². The quantitative estimate of drug-likeness (QED) is 0.479. The Balaban J connectivity index is 1.58. The zero-order valence-corrected chi connectivity index (χ0v) is 16.9. The summed E-state index contributed by atoms with van der Waals surface area (Å²) in [6.07, 6.45) is 2.31. The maximum Gasteiger partial charge on any atom is 0.416 e. The lowest BCUT2D eigenvalue weighted by Crippen LogP contribution is -2.05. The van der Waals surface area contributed by atoms with Crippen molar-refractivity contribution in [2.45, 2.75) is 26.6 Å². The Bertz CT molecular complexity index is 1180. The molecule has 9 heteroatoms. The number of hydrogen-bond acceptors (Lipinski definition) is 5. The molecule has 0 bridgehead atoms. The van der Waals surface area contributed by atoms with Crippen molar-refractivity contribution in [2.75, 3.05) is 5.32 Å². The van der Waals surface area contributed by atoms with Crippen LogP contribution in [-0.2, 0) is 12.7 Å². The summed E-state index contributed by atoms with van der Waals surface area (Å²) in [6, 6.07) is 8.63. The molecule has 158 valence electrons. The number of pyridine rings is 1. The first-order valence-electron chi connectivity index (χ1n) is 9.51. The van der Waals surface area contributed by atoms with Crippen molar-refractivity contribution >= 4 is 11.5 Å². The van der Waals surface area contributed by atoms with Gasteiger partial charge in [-0.3, -0.25) is 14.6 Å². The van der Waals surface area contributed by atoms with Gasteiger partial charge in [-0.05, 0) is 49.7 Å². The third-order valence-electron chi connectivity index (χ3n) is 4.81. The van der Waals surface area contributed by atoms with E-state index >= 15 is 0 Å². The van der Waals surface area contributed by atoms with Gasteiger partial charge in [0.15, 0.2) is 0 Å². The molecule has 0 saturated carbocycles. The molecule has 0 spiro atoms. The first-order valence-corrected chi connectivity index (χ1v) is 9.51. The summed E-state index contributed by atoms with van der Waals surface area (Å²) in [5.74, 6) is 0.427. The zero-order chi connectivity index (χ0) is 22.0. The van der Waals surface area contributed by atoms with Crippen LogP contribution in [0.3, 0.4) is 0 Å². The van der Waals surface area contributed by atoms with Gasteiger partial charge in [-0.25, -0.2) is 4.98 Å². The summed E-state index contributed by atoms with van der Waals surface area (Å²) in [6.45, 7) is 4.44. The van der Waals surface area contributed by atoms with Crippen molar-refractivity contribution in [3.05, 3.63) is 83.7 Å². The third kappa shape index (κ3) is 4.55. The van der Waals surface area contributed by atoms with Gasteiger partial charge in [-0.2, -0.15) is 18.3 Å². The Labute approximate surface area is 176 Å². The van der Waals surface area contributed by atoms with E-state index in [2.05, 4.69) is 25.4 Å². The molecule has 31 heavy (non-hydrogen) atoms. The molecule has 0 fully saturated rings. The van der Waals surface area contributed by atoms with E-state index in [1.54, 1.807) is 18.6 Å². The molecule has 4 rings (SSSR count). The van der Waals surface area contributed by atoms with Gasteiger partial charge in [0.25, 0.3) is 0 Å². The summed E-state index contributed by atoms with van der Waals surface area (Å²) in [4.78, 5) is 13.0. The Kier molecular flexibility index (Phi) is 5.41. The molecule has 0 aliphatic heterocycles. The highest BCUT2D eigenvalue weighted by atomic mass is 19.4. The van der Waals surface area contributed by atoms with Crippen LogP contribution >= 0.6 is 0 Å². The van der Waals surface area contributed by atoms with Crippen LogP contribution in [0.4, 0.5) is 24.7 Å². The highest BCUT2D eigenvalue weighted by Crippen LogP contribution is 2.31. The van der Waals surface area contributed by atoms with E-state index in [0.29, 0.717) is 23.7 Å². The average Bonchev–Trinajstić information content (AvgIpc) is 3.01. The molecule has 0 atom stereocenters. The number of benzene rings is 1. The van der Waals surface area contributed by atoms with Crippen LogP contribution in [0.2, 0.25) is 0 Å². The number of anilines is 2. The summed E-state index contributed by atoms with van der Waals surface area (Å²) >= 11 is 0. The molecule has 0 unspecified atom stereocenters. The molecule has 4 aromatic rings. The molecule has 0 saturated heterocycles. The predicted octanol–water partition coefficient (Wildman–Crippen LogP) is 5.16. The molecule has 1 aromatic carbocycles. The van der Waals surface area contributed by atoms with Crippen LogP contribution in [0, 0.1) is 13.8 Å². The van der Waals surface area contributed by atoms with E-state index in [4.69, 9.17) is 0 Å². The fraction of sp³-hybridized carbons (Fsp3) is 0.182. The molecule has 0 aliphatic rings. The number of aryl methyl sites for hydroxylation is 1. The fourth-order valence-corrected chi connectivity index (χ4v) is 3.32. The van der Waals surface area contributed by atoms with Crippen LogP contribution in [0.15, 0.2) is 61.2 Å². The second-order valence-corrected chi connectivity index (χ2v) is 7.05. The zero-order valence-electron chi connectivity index (χ0n) is 16.9. The maximum atomic E-state index is 12.7. The smallest absolute Gasteiger partial charge is 0.339 e. The van der Waals surface area contributed by atoms with Gasteiger partial charge in [-0.1, -0.05) is 6.07 Å². The van der Waals surface area contributed by atoms with Gasteiger partial charge in [0.05, 0.1) is 35.9 Å². The number of nitrogens with zero attached hydrogens (tertiary/aromatic N) is 5. The standard InChI is InChI=1S/C22H19F3N6/c1-14-21(15(2)31(30-14)13-16-4-3-9-26-10-16)19-11-27-12-20(29-19)28-18-7-5-17(6-8-18)22(23,24)25/h3-12H,13H2,1-2H3,(H,28,29). The van der Waals surface area contributed by atoms with Crippen LogP contribution in [-0.4, -0.2) is 24.7 Å². The largest absolute Gasteiger partial charge is 0.416 e. The molecule has 0 amide bonds. The number of aromatic nitrogens is 5. The van der Waals surface area contributed by atoms with Crippen molar-refractivity contribution < 1.29 is 13.2 Å². The topological polar surface area (TPSA) is 68.5 Å². The van der Waals surface area contributed by atoms with Gasteiger partial charge in [0.2, 0.25) is 0 Å². The average molecular weight is 424 g/mol. The monoisotopic (exact) mass is 424 g/mol. The highest BCUT2D eigenvalue weighted by Gasteiger charge is 2.29. The predicted molar refractivity (Wildman–Crippen MR) is 111 cm³/mol. The van der Waals surface area contributed by atoms with E-state index in [1.807, 2.05) is 30.7 Å². The first-order chi connectivity index (χ1) is 14.8. The number of nitrogens with one attached hydrogen (secondary N) is 1. The van der Waals surface area contributed by atoms with Crippen molar-refractivity contribution in [3.63, 3.8) is 0 Å². The van der Waals surface area contributed by atoms with Crippen molar-refractivity contribution in [2.24, 2.45) is 0 Å². The van der Waals surface area contributed by atoms with Crippen LogP contribution in [0.25, 0.3) is 11.3 Å². The molecule has 3 heterocycles. The van der Waals surface area contributed by atoms with Gasteiger partial charge in [-0.15, -0.1) is 0 Å². The third-order valence-corrected chi connectivity index (χ3v) is 4.81. The van der Waals surface area contributed by atoms with Crippen molar-refractivity contribution in [1.82, 2.24) is 24.7 Å². The molecular weight excluding hydrogens is 405 g/mol. The lowest BCUT2D eigenvalue weighted by Gasteiger charge is -2.10. The Hall–Kier alpha value is -3.75. The minimum Gasteiger partial charge on any atom is -0.339 e. The fourth-order valence-electron chi connectivity index (χ4n) is 3.32. The maximum absolute atomic E-state index is 12.7. The molecule has 1 N–H and O–H groups in total. The number of rotatable bonds is 5. The molecule has 3 aromatic heterocycles. The van der Waals surface area contributed by atoms with E-state index in [1.165, 1.54) is 18.3 Å². The van der Waals surface area contributed by atoms with E-state index in [0.717, 1.165) is 34.6 Å². The SMILES string of the molecule is Cc1nn(Cc2cccnc2)c(C)c1-c1cncc(Nc2ccc(C(F)(F)F)cc2)n1. The second-order valence-electron chi connectivity index (χ2n) is 7.05. The first kappa shape index (κ1) is 20.5. The number of hydrogen-bond donors (Lipinski definition) is 1. The van der Waals surface area contributed by atoms with Gasteiger partial charge < -0.3 is 5.32 Å². The molecule has 0 radical (unpaired) electrons. The lowest BCUT2D eigenvalue weighted by atomic mass is 10.1. The molecule has 0 aliphatic carbocycles. The summed E-state index contributed by atoms with van der Waals surface area (Å²) < 4.78 is 40.1. The van der Waals surface area contributed by atoms with Crippen molar-refractivity contribution in [3.8, 4) is 11.3 Å². The van der Waals surface area contributed by atoms with Gasteiger partial charge in [0, 0.05) is 29.3 Å². The lowest BCUT2D eigenvalue weighted by molar-refractivity contribution is -0.137. The highest BCUT2D eigenvalue weighted by molar-refractivity contribution is 5.66. The normalized spacial score (nSPS) is 11.5. The van der Waals surface area contributed by atoms with Crippen LogP contribution < -0.4 is 5.32 Å². The van der Waals surface area contributed by atoms with Gasteiger partial charge >= 0.3 is 6.18 Å². The minimum atomic E-state index is -4.37. The molecule has 6 nitrogen and oxygen atoms in total. The van der Waals surface area contributed by atoms with E-state index < -0.39 is 11.7 Å². The Morgan fingerprint density at radius 2 is 1.74 bits per heavy atom. The number of halogens is 3. The van der Waals surface area contributed by atoms with Crippen LogP contribution in [0.1, 0.15) is 22.5 Å². The molecular formula is C22H19F3N6. The minimum absolute atomic E-state index is 0.427. The van der Waals surface area contributed by atoms with Crippen molar-refractivity contribution in [1.29, 1.82) is 0 Å². The summed E-state index contributed by atoms with van der Waals surface area (Å²) in [5, 5.41) is 7.62. The van der Waals surface area contributed by atoms with E-state index in [9.17, 15) is 13.2 Å². The second kappa shape index (κ2) is 8.17. The Morgan fingerprint density at radius 3 is 2.42 bits per heavy atom. The number of alkyl halides is 3. The van der Waals surface area contributed by atoms with Crippen LogP contribution in [0.5, 0.6) is 0 Å². The van der Waals surface area contributed by atoms with Gasteiger partial charge in [0.1, 0.15) is 5.82 Å². The summed E-state index contributed by atoms with van der Waals surface area (Å²) in [7, 11) is 0. The Morgan fingerprint density at radius 1 is 0.968 bits per heavy atom.